The van der Waals surface area contributed by atoms with Crippen LogP contribution in [0, 0.1) is 0 Å². The van der Waals surface area contributed by atoms with Gasteiger partial charge in [0.1, 0.15) is 6.61 Å². The smallest absolute Gasteiger partial charge is 0.305 e. The molecule has 1 saturated heterocycles. The number of ether oxygens (including phenoxy) is 3. The molecule has 7 heteroatoms. The summed E-state index contributed by atoms with van der Waals surface area (Å²) >= 11 is 0. The van der Waals surface area contributed by atoms with Gasteiger partial charge in [0, 0.05) is 18.8 Å². The lowest BCUT2D eigenvalue weighted by atomic mass is 9.86. The maximum Gasteiger partial charge on any atom is 0.305 e. The molecule has 0 bridgehead atoms. The number of benzene rings is 1. The fraction of sp³-hybridized carbons (Fsp3) is 0.444. The van der Waals surface area contributed by atoms with Crippen molar-refractivity contribution in [3.8, 4) is 11.5 Å². The molecule has 1 aromatic rings. The summed E-state index contributed by atoms with van der Waals surface area (Å²) in [6.45, 7) is 0.977. The molecule has 1 fully saturated rings. The monoisotopic (exact) mass is 347 g/mol. The SMILES string of the molecule is COc1cccc2c1OCC(C(=O)NC1(CC(=O)O)CCOCC1)=C2. The van der Waals surface area contributed by atoms with E-state index in [0.717, 1.165) is 5.56 Å². The molecule has 0 radical (unpaired) electrons. The highest BCUT2D eigenvalue weighted by Crippen LogP contribution is 2.35. The number of carboxylic acids is 1. The first kappa shape index (κ1) is 17.3. The number of hydrogen-bond acceptors (Lipinski definition) is 5. The van der Waals surface area contributed by atoms with Gasteiger partial charge in [0.05, 0.1) is 24.6 Å². The number of carbonyl (C=O) groups excluding carboxylic acids is 1. The highest BCUT2D eigenvalue weighted by Gasteiger charge is 2.37. The Morgan fingerprint density at radius 1 is 1.32 bits per heavy atom. The summed E-state index contributed by atoms with van der Waals surface area (Å²) in [4.78, 5) is 23.9. The zero-order valence-corrected chi connectivity index (χ0v) is 14.0. The molecule has 2 aliphatic rings. The summed E-state index contributed by atoms with van der Waals surface area (Å²) in [5.41, 5.74) is 0.434. The van der Waals surface area contributed by atoms with E-state index in [-0.39, 0.29) is 18.9 Å². The summed E-state index contributed by atoms with van der Waals surface area (Å²) in [5.74, 6) is -0.0318. The molecular formula is C18H21NO6. The van der Waals surface area contributed by atoms with E-state index in [1.807, 2.05) is 12.1 Å². The van der Waals surface area contributed by atoms with Gasteiger partial charge in [-0.15, -0.1) is 0 Å². The molecule has 25 heavy (non-hydrogen) atoms. The summed E-state index contributed by atoms with van der Waals surface area (Å²) in [6, 6.07) is 5.45. The second-order valence-corrected chi connectivity index (χ2v) is 6.25. The van der Waals surface area contributed by atoms with Gasteiger partial charge in [-0.1, -0.05) is 12.1 Å². The Morgan fingerprint density at radius 2 is 2.08 bits per heavy atom. The Balaban J connectivity index is 1.80. The van der Waals surface area contributed by atoms with Crippen LogP contribution in [0.4, 0.5) is 0 Å². The van der Waals surface area contributed by atoms with Crippen LogP contribution in [0.5, 0.6) is 11.5 Å². The van der Waals surface area contributed by atoms with Crippen molar-refractivity contribution in [2.45, 2.75) is 24.8 Å². The average molecular weight is 347 g/mol. The first-order valence-corrected chi connectivity index (χ1v) is 8.15. The Labute approximate surface area is 145 Å². The predicted molar refractivity (Wildman–Crippen MR) is 89.6 cm³/mol. The maximum absolute atomic E-state index is 12.7. The van der Waals surface area contributed by atoms with Crippen LogP contribution in [0.2, 0.25) is 0 Å². The van der Waals surface area contributed by atoms with Gasteiger partial charge in [-0.25, -0.2) is 0 Å². The largest absolute Gasteiger partial charge is 0.493 e. The van der Waals surface area contributed by atoms with Crippen LogP contribution in [0.3, 0.4) is 0 Å². The number of fused-ring (bicyclic) bond motifs is 1. The molecule has 0 aromatic heterocycles. The van der Waals surface area contributed by atoms with Crippen LogP contribution in [0.15, 0.2) is 23.8 Å². The molecule has 2 aliphatic heterocycles. The lowest BCUT2D eigenvalue weighted by Crippen LogP contribution is -2.54. The van der Waals surface area contributed by atoms with Crippen LogP contribution in [-0.4, -0.2) is 49.5 Å². The first-order valence-electron chi connectivity index (χ1n) is 8.15. The molecule has 7 nitrogen and oxygen atoms in total. The van der Waals surface area contributed by atoms with E-state index in [1.165, 1.54) is 0 Å². The molecular weight excluding hydrogens is 326 g/mol. The van der Waals surface area contributed by atoms with Crippen LogP contribution in [-0.2, 0) is 14.3 Å². The van der Waals surface area contributed by atoms with Crippen LogP contribution in [0.25, 0.3) is 6.08 Å². The second kappa shape index (κ2) is 7.14. The number of carboxylic acid groups (broad SMARTS) is 1. The van der Waals surface area contributed by atoms with Gasteiger partial charge in [-0.3, -0.25) is 9.59 Å². The van der Waals surface area contributed by atoms with Crippen LogP contribution < -0.4 is 14.8 Å². The van der Waals surface area contributed by atoms with Gasteiger partial charge < -0.3 is 24.6 Å². The average Bonchev–Trinajstić information content (AvgIpc) is 2.60. The Kier molecular flexibility index (Phi) is 4.94. The van der Waals surface area contributed by atoms with Crippen molar-refractivity contribution in [1.29, 1.82) is 0 Å². The molecule has 2 N–H and O–H groups in total. The minimum Gasteiger partial charge on any atom is -0.493 e. The number of rotatable bonds is 5. The molecule has 1 amide bonds. The molecule has 3 rings (SSSR count). The maximum atomic E-state index is 12.7. The van der Waals surface area contributed by atoms with Crippen LogP contribution >= 0.6 is 0 Å². The van der Waals surface area contributed by atoms with E-state index in [9.17, 15) is 14.7 Å². The van der Waals surface area contributed by atoms with E-state index >= 15 is 0 Å². The topological polar surface area (TPSA) is 94.1 Å². The molecule has 0 unspecified atom stereocenters. The number of methoxy groups -OCH3 is 1. The van der Waals surface area contributed by atoms with Gasteiger partial charge >= 0.3 is 5.97 Å². The number of amides is 1. The van der Waals surface area contributed by atoms with E-state index in [1.54, 1.807) is 19.3 Å². The fourth-order valence-electron chi connectivity index (χ4n) is 3.19. The van der Waals surface area contributed by atoms with Crippen molar-refractivity contribution in [2.75, 3.05) is 26.9 Å². The van der Waals surface area contributed by atoms with Gasteiger partial charge in [-0.2, -0.15) is 0 Å². The third-order valence-electron chi connectivity index (χ3n) is 4.54. The van der Waals surface area contributed by atoms with E-state index in [4.69, 9.17) is 14.2 Å². The molecule has 2 heterocycles. The highest BCUT2D eigenvalue weighted by atomic mass is 16.5. The van der Waals surface area contributed by atoms with Crippen molar-refractivity contribution in [1.82, 2.24) is 5.32 Å². The Bertz CT molecular complexity index is 706. The van der Waals surface area contributed by atoms with Crippen molar-refractivity contribution in [3.63, 3.8) is 0 Å². The van der Waals surface area contributed by atoms with Gasteiger partial charge in [0.2, 0.25) is 0 Å². The Morgan fingerprint density at radius 3 is 2.76 bits per heavy atom. The van der Waals surface area contributed by atoms with E-state index in [0.29, 0.717) is 43.1 Å². The zero-order chi connectivity index (χ0) is 17.9. The normalized spacial score (nSPS) is 18.4. The Hall–Kier alpha value is -2.54. The number of hydrogen-bond donors (Lipinski definition) is 2. The quantitative estimate of drug-likeness (QED) is 0.840. The third kappa shape index (κ3) is 3.76. The molecule has 0 aliphatic carbocycles. The number of aliphatic carboxylic acids is 1. The molecule has 0 atom stereocenters. The van der Waals surface area contributed by atoms with Gasteiger partial charge in [-0.05, 0) is 25.0 Å². The van der Waals surface area contributed by atoms with Crippen molar-refractivity contribution >= 4 is 18.0 Å². The van der Waals surface area contributed by atoms with Crippen LogP contribution in [0.1, 0.15) is 24.8 Å². The lowest BCUT2D eigenvalue weighted by Gasteiger charge is -2.37. The first-order chi connectivity index (χ1) is 12.0. The number of nitrogens with one attached hydrogen (secondary N) is 1. The summed E-state index contributed by atoms with van der Waals surface area (Å²) in [5, 5.41) is 12.1. The van der Waals surface area contributed by atoms with Gasteiger partial charge in [0.25, 0.3) is 5.91 Å². The minimum atomic E-state index is -0.939. The molecule has 0 spiro atoms. The molecule has 134 valence electrons. The van der Waals surface area contributed by atoms with E-state index in [2.05, 4.69) is 5.32 Å². The van der Waals surface area contributed by atoms with Gasteiger partial charge in [0.15, 0.2) is 11.5 Å². The predicted octanol–water partition coefficient (Wildman–Crippen LogP) is 1.61. The third-order valence-corrected chi connectivity index (χ3v) is 4.54. The highest BCUT2D eigenvalue weighted by molar-refractivity contribution is 6.00. The van der Waals surface area contributed by atoms with Crippen molar-refractivity contribution in [2.24, 2.45) is 0 Å². The van der Waals surface area contributed by atoms with E-state index < -0.39 is 11.5 Å². The second-order valence-electron chi connectivity index (χ2n) is 6.25. The molecule has 0 saturated carbocycles. The summed E-state index contributed by atoms with van der Waals surface area (Å²) in [6.07, 6.45) is 2.58. The van der Waals surface area contributed by atoms with Crippen molar-refractivity contribution in [3.05, 3.63) is 29.3 Å². The summed E-state index contributed by atoms with van der Waals surface area (Å²) in [7, 11) is 1.56. The molecule has 1 aromatic carbocycles. The summed E-state index contributed by atoms with van der Waals surface area (Å²) < 4.78 is 16.3. The number of para-hydroxylation sites is 1. The van der Waals surface area contributed by atoms with Crippen molar-refractivity contribution < 1.29 is 28.9 Å². The standard InChI is InChI=1S/C18H21NO6/c1-23-14-4-2-3-12-9-13(11-25-16(12)14)17(22)19-18(10-15(20)21)5-7-24-8-6-18/h2-4,9H,5-8,10-11H2,1H3,(H,19,22)(H,20,21). The number of carbonyl (C=O) groups is 2. The lowest BCUT2D eigenvalue weighted by molar-refractivity contribution is -0.140. The fourth-order valence-corrected chi connectivity index (χ4v) is 3.19. The zero-order valence-electron chi connectivity index (χ0n) is 14.0. The minimum absolute atomic E-state index is 0.110.